The van der Waals surface area contributed by atoms with E-state index in [-0.39, 0.29) is 0 Å². The lowest BCUT2D eigenvalue weighted by molar-refractivity contribution is 0.529. The highest BCUT2D eigenvalue weighted by molar-refractivity contribution is 5.35. The minimum atomic E-state index is 0.368. The maximum absolute atomic E-state index is 5.97. The molecule has 1 nitrogen and oxygen atoms in total. The summed E-state index contributed by atoms with van der Waals surface area (Å²) in [4.78, 5) is 0. The fraction of sp³-hybridized carbons (Fsp3) is 0.600. The summed E-state index contributed by atoms with van der Waals surface area (Å²) in [6, 6.07) is 6.97. The molecule has 1 aromatic rings. The molecule has 0 spiro atoms. The van der Waals surface area contributed by atoms with Gasteiger partial charge in [0, 0.05) is 6.04 Å². The summed E-state index contributed by atoms with van der Waals surface area (Å²) in [6.07, 6.45) is 3.41. The van der Waals surface area contributed by atoms with Gasteiger partial charge in [-0.1, -0.05) is 32.0 Å². The largest absolute Gasteiger partial charge is 0.328 e. The number of nitrogens with two attached hydrogens (primary N) is 1. The number of hydrogen-bond acceptors (Lipinski definition) is 1. The maximum atomic E-state index is 5.97. The first kappa shape index (κ1) is 13.2. The SMILES string of the molecule is CCC(N)CCC(C)c1cccc(C)c1C. The van der Waals surface area contributed by atoms with Gasteiger partial charge < -0.3 is 5.73 Å². The maximum Gasteiger partial charge on any atom is 0.00364 e. The van der Waals surface area contributed by atoms with Crippen LogP contribution in [0.15, 0.2) is 18.2 Å². The molecule has 90 valence electrons. The van der Waals surface area contributed by atoms with Gasteiger partial charge in [0.25, 0.3) is 0 Å². The van der Waals surface area contributed by atoms with Crippen LogP contribution >= 0.6 is 0 Å². The molecular weight excluding hydrogens is 194 g/mol. The Bertz CT molecular complexity index is 330. The van der Waals surface area contributed by atoms with Crippen molar-refractivity contribution >= 4 is 0 Å². The lowest BCUT2D eigenvalue weighted by Crippen LogP contribution is -2.19. The Morgan fingerprint density at radius 2 is 1.88 bits per heavy atom. The summed E-state index contributed by atoms with van der Waals surface area (Å²) in [5.74, 6) is 0.623. The average molecular weight is 219 g/mol. The van der Waals surface area contributed by atoms with Crippen LogP contribution in [0.5, 0.6) is 0 Å². The first-order chi connectivity index (χ1) is 7.56. The standard InChI is InChI=1S/C15H25N/c1-5-14(16)10-9-12(3)15-8-6-7-11(2)13(15)4/h6-8,12,14H,5,9-10,16H2,1-4H3. The smallest absolute Gasteiger partial charge is 0.00364 e. The van der Waals surface area contributed by atoms with E-state index < -0.39 is 0 Å². The lowest BCUT2D eigenvalue weighted by atomic mass is 9.89. The Kier molecular flexibility index (Phi) is 5.01. The molecule has 0 heterocycles. The summed E-state index contributed by atoms with van der Waals surface area (Å²) in [5.41, 5.74) is 10.3. The van der Waals surface area contributed by atoms with E-state index in [1.54, 1.807) is 0 Å². The van der Waals surface area contributed by atoms with E-state index in [1.165, 1.54) is 23.1 Å². The molecule has 0 aliphatic heterocycles. The van der Waals surface area contributed by atoms with E-state index in [9.17, 15) is 0 Å². The first-order valence-corrected chi connectivity index (χ1v) is 6.38. The van der Waals surface area contributed by atoms with Gasteiger partial charge in [-0.3, -0.25) is 0 Å². The molecule has 0 aliphatic carbocycles. The van der Waals surface area contributed by atoms with Crippen LogP contribution < -0.4 is 5.73 Å². The van der Waals surface area contributed by atoms with Crippen LogP contribution in [-0.2, 0) is 0 Å². The Labute approximate surface area is 100 Å². The third-order valence-electron chi connectivity index (χ3n) is 3.67. The van der Waals surface area contributed by atoms with Crippen LogP contribution in [0.2, 0.25) is 0 Å². The number of aryl methyl sites for hydroxylation is 1. The molecule has 0 aliphatic rings. The minimum absolute atomic E-state index is 0.368. The van der Waals surface area contributed by atoms with Crippen LogP contribution in [0, 0.1) is 13.8 Å². The molecule has 2 unspecified atom stereocenters. The predicted octanol–water partition coefficient (Wildman–Crippen LogP) is 3.92. The van der Waals surface area contributed by atoms with Gasteiger partial charge in [-0.05, 0) is 55.7 Å². The molecule has 0 bridgehead atoms. The predicted molar refractivity (Wildman–Crippen MR) is 71.8 cm³/mol. The highest BCUT2D eigenvalue weighted by Crippen LogP contribution is 2.26. The summed E-state index contributed by atoms with van der Waals surface area (Å²) in [5, 5.41) is 0. The van der Waals surface area contributed by atoms with Crippen molar-refractivity contribution in [3.63, 3.8) is 0 Å². The van der Waals surface area contributed by atoms with E-state index in [0.29, 0.717) is 12.0 Å². The zero-order valence-corrected chi connectivity index (χ0v) is 11.1. The second-order valence-corrected chi connectivity index (χ2v) is 4.94. The van der Waals surface area contributed by atoms with E-state index in [2.05, 4.69) is 45.9 Å². The first-order valence-electron chi connectivity index (χ1n) is 6.38. The molecule has 0 amide bonds. The molecule has 0 saturated heterocycles. The lowest BCUT2D eigenvalue weighted by Gasteiger charge is -2.18. The van der Waals surface area contributed by atoms with Crippen LogP contribution in [0.4, 0.5) is 0 Å². The molecule has 1 aromatic carbocycles. The van der Waals surface area contributed by atoms with E-state index >= 15 is 0 Å². The third-order valence-corrected chi connectivity index (χ3v) is 3.67. The van der Waals surface area contributed by atoms with Gasteiger partial charge in [0.15, 0.2) is 0 Å². The molecule has 1 heteroatoms. The second kappa shape index (κ2) is 6.05. The Balaban J connectivity index is 2.66. The van der Waals surface area contributed by atoms with Crippen LogP contribution in [0.3, 0.4) is 0 Å². The molecule has 1 rings (SSSR count). The van der Waals surface area contributed by atoms with Gasteiger partial charge in [0.1, 0.15) is 0 Å². The van der Waals surface area contributed by atoms with Crippen molar-refractivity contribution in [1.82, 2.24) is 0 Å². The summed E-state index contributed by atoms with van der Waals surface area (Å²) >= 11 is 0. The summed E-state index contributed by atoms with van der Waals surface area (Å²) in [7, 11) is 0. The van der Waals surface area contributed by atoms with Crippen molar-refractivity contribution in [2.24, 2.45) is 5.73 Å². The van der Waals surface area contributed by atoms with Crippen LogP contribution in [0.25, 0.3) is 0 Å². The fourth-order valence-electron chi connectivity index (χ4n) is 2.13. The normalized spacial score (nSPS) is 14.8. The van der Waals surface area contributed by atoms with Crippen molar-refractivity contribution < 1.29 is 0 Å². The molecule has 0 aromatic heterocycles. The minimum Gasteiger partial charge on any atom is -0.328 e. The van der Waals surface area contributed by atoms with E-state index in [4.69, 9.17) is 5.73 Å². The fourth-order valence-corrected chi connectivity index (χ4v) is 2.13. The van der Waals surface area contributed by atoms with E-state index in [0.717, 1.165) is 12.8 Å². The second-order valence-electron chi connectivity index (χ2n) is 4.94. The van der Waals surface area contributed by atoms with Crippen molar-refractivity contribution in [3.05, 3.63) is 34.9 Å². The Morgan fingerprint density at radius 1 is 1.19 bits per heavy atom. The zero-order chi connectivity index (χ0) is 12.1. The van der Waals surface area contributed by atoms with Crippen LogP contribution in [-0.4, -0.2) is 6.04 Å². The van der Waals surface area contributed by atoms with Gasteiger partial charge in [-0.2, -0.15) is 0 Å². The number of benzene rings is 1. The Morgan fingerprint density at radius 3 is 2.50 bits per heavy atom. The van der Waals surface area contributed by atoms with Gasteiger partial charge >= 0.3 is 0 Å². The Hall–Kier alpha value is -0.820. The summed E-state index contributed by atoms with van der Waals surface area (Å²) < 4.78 is 0. The molecular formula is C15H25N. The number of rotatable bonds is 5. The number of hydrogen-bond donors (Lipinski definition) is 1. The third kappa shape index (κ3) is 3.34. The average Bonchev–Trinajstić information content (AvgIpc) is 2.29. The van der Waals surface area contributed by atoms with E-state index in [1.807, 2.05) is 0 Å². The van der Waals surface area contributed by atoms with Gasteiger partial charge in [0.2, 0.25) is 0 Å². The summed E-state index contributed by atoms with van der Waals surface area (Å²) in [6.45, 7) is 8.88. The van der Waals surface area contributed by atoms with Gasteiger partial charge in [-0.25, -0.2) is 0 Å². The topological polar surface area (TPSA) is 26.0 Å². The van der Waals surface area contributed by atoms with Crippen molar-refractivity contribution in [1.29, 1.82) is 0 Å². The molecule has 2 atom stereocenters. The van der Waals surface area contributed by atoms with Crippen molar-refractivity contribution in [3.8, 4) is 0 Å². The monoisotopic (exact) mass is 219 g/mol. The highest BCUT2D eigenvalue weighted by Gasteiger charge is 2.10. The molecule has 0 saturated carbocycles. The van der Waals surface area contributed by atoms with Crippen LogP contribution in [0.1, 0.15) is 55.7 Å². The molecule has 0 radical (unpaired) electrons. The highest BCUT2D eigenvalue weighted by atomic mass is 14.6. The van der Waals surface area contributed by atoms with Crippen molar-refractivity contribution in [2.45, 2.75) is 58.9 Å². The zero-order valence-electron chi connectivity index (χ0n) is 11.1. The molecule has 16 heavy (non-hydrogen) atoms. The van der Waals surface area contributed by atoms with Crippen molar-refractivity contribution in [2.75, 3.05) is 0 Å². The van der Waals surface area contributed by atoms with Gasteiger partial charge in [-0.15, -0.1) is 0 Å². The van der Waals surface area contributed by atoms with Gasteiger partial charge in [0.05, 0.1) is 0 Å². The molecule has 0 fully saturated rings. The quantitative estimate of drug-likeness (QED) is 0.798. The molecule has 2 N–H and O–H groups in total.